The van der Waals surface area contributed by atoms with Crippen molar-refractivity contribution in [3.8, 4) is 0 Å². The zero-order valence-corrected chi connectivity index (χ0v) is 25.0. The molecule has 39 heavy (non-hydrogen) atoms. The molecule has 0 aliphatic carbocycles. The Hall–Kier alpha value is -1.74. The number of unbranched alkanes of at least 4 members (excludes halogenated alkanes) is 13. The van der Waals surface area contributed by atoms with Gasteiger partial charge in [0.15, 0.2) is 6.29 Å². The maximum Gasteiger partial charge on any atom is 0.417 e. The quantitative estimate of drug-likeness (QED) is 0.144. The first kappa shape index (κ1) is 35.3. The third kappa shape index (κ3) is 16.8. The van der Waals surface area contributed by atoms with Crippen molar-refractivity contribution in [3.05, 3.63) is 30.1 Å². The number of rotatable bonds is 21. The van der Waals surface area contributed by atoms with Crippen molar-refractivity contribution in [1.82, 2.24) is 9.88 Å². The molecule has 1 aromatic rings. The maximum atomic E-state index is 12.4. The summed E-state index contributed by atoms with van der Waals surface area (Å²) in [6.45, 7) is 5.13. The molecule has 1 aliphatic heterocycles. The van der Waals surface area contributed by atoms with Crippen molar-refractivity contribution >= 4 is 24.4 Å². The Balaban J connectivity index is 0.00000760. The number of ether oxygens (including phenoxy) is 4. The number of carbonyl (C=O) groups excluding carboxylic acids is 2. The van der Waals surface area contributed by atoms with Gasteiger partial charge in [-0.15, -0.1) is 12.4 Å². The van der Waals surface area contributed by atoms with Gasteiger partial charge in [0.05, 0.1) is 25.5 Å². The van der Waals surface area contributed by atoms with E-state index in [1.807, 2.05) is 0 Å². The van der Waals surface area contributed by atoms with Crippen LogP contribution in [0.5, 0.6) is 0 Å². The fourth-order valence-corrected chi connectivity index (χ4v) is 4.47. The van der Waals surface area contributed by atoms with Gasteiger partial charge in [-0.2, -0.15) is 0 Å². The number of nitrogens with zero attached hydrogens (tertiary/aromatic N) is 2. The summed E-state index contributed by atoms with van der Waals surface area (Å²) in [5, 5.41) is 0. The molecule has 0 spiro atoms. The second kappa shape index (κ2) is 23.0. The second-order valence-electron chi connectivity index (χ2n) is 10.2. The monoisotopic (exact) mass is 570 g/mol. The van der Waals surface area contributed by atoms with Crippen LogP contribution in [0.25, 0.3) is 0 Å². The van der Waals surface area contributed by atoms with Gasteiger partial charge < -0.3 is 18.9 Å². The van der Waals surface area contributed by atoms with Gasteiger partial charge in [-0.3, -0.25) is 9.78 Å². The Kier molecular flexibility index (Phi) is 20.8. The molecule has 2 amide bonds. The first-order valence-corrected chi connectivity index (χ1v) is 14.8. The summed E-state index contributed by atoms with van der Waals surface area (Å²) in [4.78, 5) is 29.4. The minimum atomic E-state index is -0.743. The van der Waals surface area contributed by atoms with Crippen LogP contribution in [0.15, 0.2) is 24.4 Å². The van der Waals surface area contributed by atoms with Crippen LogP contribution in [0, 0.1) is 0 Å². The number of halogens is 1. The van der Waals surface area contributed by atoms with Crippen molar-refractivity contribution in [2.24, 2.45) is 0 Å². The topological polar surface area (TPSA) is 87.2 Å². The van der Waals surface area contributed by atoms with E-state index >= 15 is 0 Å². The lowest BCUT2D eigenvalue weighted by Crippen LogP contribution is -2.37. The molecular formula is C30H51ClN2O6. The van der Waals surface area contributed by atoms with Crippen LogP contribution in [-0.4, -0.2) is 60.7 Å². The lowest BCUT2D eigenvalue weighted by atomic mass is 10.0. The highest BCUT2D eigenvalue weighted by molar-refractivity contribution is 5.90. The van der Waals surface area contributed by atoms with E-state index in [1.165, 1.54) is 90.4 Å². The van der Waals surface area contributed by atoms with E-state index in [-0.39, 0.29) is 31.7 Å². The van der Waals surface area contributed by atoms with Gasteiger partial charge in [0, 0.05) is 19.7 Å². The molecule has 2 heterocycles. The highest BCUT2D eigenvalue weighted by Gasteiger charge is 2.29. The molecule has 0 bridgehead atoms. The third-order valence-electron chi connectivity index (χ3n) is 6.75. The normalized spacial score (nSPS) is 16.6. The van der Waals surface area contributed by atoms with Crippen LogP contribution >= 0.6 is 12.4 Å². The summed E-state index contributed by atoms with van der Waals surface area (Å²) in [7, 11) is 0. The highest BCUT2D eigenvalue weighted by atomic mass is 35.5. The fourth-order valence-electron chi connectivity index (χ4n) is 4.47. The molecule has 0 aromatic carbocycles. The summed E-state index contributed by atoms with van der Waals surface area (Å²) in [6.07, 6.45) is 18.8. The first-order chi connectivity index (χ1) is 18.6. The molecule has 9 heteroatoms. The van der Waals surface area contributed by atoms with Crippen molar-refractivity contribution < 1.29 is 28.5 Å². The zero-order chi connectivity index (χ0) is 27.3. The van der Waals surface area contributed by atoms with Crippen LogP contribution < -0.4 is 0 Å². The van der Waals surface area contributed by atoms with Crippen molar-refractivity contribution in [3.63, 3.8) is 0 Å². The summed E-state index contributed by atoms with van der Waals surface area (Å²) in [6, 6.07) is 5.32. The molecule has 8 nitrogen and oxygen atoms in total. The van der Waals surface area contributed by atoms with Gasteiger partial charge >= 0.3 is 6.09 Å². The number of amides is 2. The average molecular weight is 571 g/mol. The van der Waals surface area contributed by atoms with Crippen LogP contribution in [-0.2, 0) is 30.3 Å². The standard InChI is InChI=1S/C30H50N2O6.ClH/c1-3-4-5-6-7-8-9-10-11-12-13-14-15-18-21-35-23-28-24-36-29(38-28)25-37-30(34)32(26(2)33)22-27-19-16-17-20-31-27;/h16-17,19-20,28-29H,3-15,18,21-25H2,1-2H3;1H. The van der Waals surface area contributed by atoms with Crippen LogP contribution in [0.4, 0.5) is 4.79 Å². The predicted octanol–water partition coefficient (Wildman–Crippen LogP) is 7.23. The lowest BCUT2D eigenvalue weighted by Gasteiger charge is -2.19. The molecule has 224 valence electrons. The number of carbonyl (C=O) groups is 2. The van der Waals surface area contributed by atoms with E-state index in [4.69, 9.17) is 18.9 Å². The molecule has 1 fully saturated rings. The first-order valence-electron chi connectivity index (χ1n) is 14.8. The smallest absolute Gasteiger partial charge is 0.417 e. The highest BCUT2D eigenvalue weighted by Crippen LogP contribution is 2.15. The van der Waals surface area contributed by atoms with Crippen molar-refractivity contribution in [1.29, 1.82) is 0 Å². The number of hydrogen-bond donors (Lipinski definition) is 0. The molecule has 0 radical (unpaired) electrons. The SMILES string of the molecule is CCCCCCCCCCCCCCCCOCC1COC(COC(=O)N(Cc2ccccn2)C(C)=O)O1.Cl. The van der Waals surface area contributed by atoms with Crippen LogP contribution in [0.3, 0.4) is 0 Å². The van der Waals surface area contributed by atoms with E-state index in [0.29, 0.717) is 18.9 Å². The Morgan fingerprint density at radius 3 is 2.10 bits per heavy atom. The number of pyridine rings is 1. The van der Waals surface area contributed by atoms with E-state index in [1.54, 1.807) is 24.4 Å². The molecule has 2 unspecified atom stereocenters. The maximum absolute atomic E-state index is 12.4. The molecular weight excluding hydrogens is 520 g/mol. The van der Waals surface area contributed by atoms with E-state index in [2.05, 4.69) is 11.9 Å². The molecule has 1 aliphatic rings. The molecule has 1 aromatic heterocycles. The second-order valence-corrected chi connectivity index (χ2v) is 10.2. The van der Waals surface area contributed by atoms with Crippen LogP contribution in [0.1, 0.15) is 109 Å². The third-order valence-corrected chi connectivity index (χ3v) is 6.75. The summed E-state index contributed by atoms with van der Waals surface area (Å²) < 4.78 is 22.3. The number of hydrogen-bond acceptors (Lipinski definition) is 7. The lowest BCUT2D eigenvalue weighted by molar-refractivity contribution is -0.130. The minimum Gasteiger partial charge on any atom is -0.444 e. The summed E-state index contributed by atoms with van der Waals surface area (Å²) in [5.74, 6) is -0.413. The molecule has 0 saturated carbocycles. The summed E-state index contributed by atoms with van der Waals surface area (Å²) in [5.41, 5.74) is 0.601. The Morgan fingerprint density at radius 1 is 0.923 bits per heavy atom. The zero-order valence-electron chi connectivity index (χ0n) is 24.2. The number of aromatic nitrogens is 1. The Morgan fingerprint density at radius 2 is 1.54 bits per heavy atom. The van der Waals surface area contributed by atoms with Crippen LogP contribution in [0.2, 0.25) is 0 Å². The van der Waals surface area contributed by atoms with Gasteiger partial charge in [0.1, 0.15) is 12.7 Å². The van der Waals surface area contributed by atoms with E-state index < -0.39 is 18.3 Å². The van der Waals surface area contributed by atoms with Crippen molar-refractivity contribution in [2.45, 2.75) is 123 Å². The molecule has 2 rings (SSSR count). The predicted molar refractivity (Wildman–Crippen MR) is 155 cm³/mol. The fraction of sp³-hybridized carbons (Fsp3) is 0.767. The van der Waals surface area contributed by atoms with Gasteiger partial charge in [0.25, 0.3) is 0 Å². The van der Waals surface area contributed by atoms with E-state index in [9.17, 15) is 9.59 Å². The van der Waals surface area contributed by atoms with Gasteiger partial charge in [0.2, 0.25) is 5.91 Å². The van der Waals surface area contributed by atoms with E-state index in [0.717, 1.165) is 17.9 Å². The molecule has 0 N–H and O–H groups in total. The summed E-state index contributed by atoms with van der Waals surface area (Å²) >= 11 is 0. The van der Waals surface area contributed by atoms with Crippen molar-refractivity contribution in [2.75, 3.05) is 26.4 Å². The molecule has 1 saturated heterocycles. The largest absolute Gasteiger partial charge is 0.444 e. The van der Waals surface area contributed by atoms with Gasteiger partial charge in [-0.05, 0) is 18.6 Å². The average Bonchev–Trinajstić information content (AvgIpc) is 3.38. The molecule has 2 atom stereocenters. The van der Waals surface area contributed by atoms with Gasteiger partial charge in [-0.1, -0.05) is 96.5 Å². The minimum absolute atomic E-state index is 0. The Bertz CT molecular complexity index is 754. The number of imide groups is 1. The Labute approximate surface area is 241 Å². The van der Waals surface area contributed by atoms with Gasteiger partial charge in [-0.25, -0.2) is 9.69 Å².